The van der Waals surface area contributed by atoms with Gasteiger partial charge in [-0.05, 0) is 74.6 Å². The fourth-order valence-electron chi connectivity index (χ4n) is 5.08. The third kappa shape index (κ3) is 16.3. The van der Waals surface area contributed by atoms with Gasteiger partial charge >= 0.3 is 12.3 Å². The van der Waals surface area contributed by atoms with Gasteiger partial charge < -0.3 is 9.64 Å². The van der Waals surface area contributed by atoms with E-state index in [1.54, 1.807) is 11.2 Å². The molecule has 2 heterocycles. The van der Waals surface area contributed by atoms with Crippen LogP contribution >= 0.6 is 36.2 Å². The van der Waals surface area contributed by atoms with E-state index < -0.39 is 27.4 Å². The molecular formula is C38H52ClF3N6O4S3. The minimum Gasteiger partial charge on any atom is -0.444 e. The summed E-state index contributed by atoms with van der Waals surface area (Å²) in [6.07, 6.45) is -2.14. The smallest absolute Gasteiger partial charge is 0.416 e. The number of amides is 1. The molecule has 0 bridgehead atoms. The molecule has 0 radical (unpaired) electrons. The van der Waals surface area contributed by atoms with Crippen LogP contribution in [0.15, 0.2) is 93.9 Å². The van der Waals surface area contributed by atoms with E-state index in [1.165, 1.54) is 17.5 Å². The summed E-state index contributed by atoms with van der Waals surface area (Å²) in [5.74, 6) is 0.928. The van der Waals surface area contributed by atoms with Gasteiger partial charge in [0.05, 0.1) is 29.1 Å². The number of piperazine rings is 1. The first-order valence-corrected chi connectivity index (χ1v) is 21.3. The number of rotatable bonds is 9. The van der Waals surface area contributed by atoms with Crippen LogP contribution in [-0.2, 0) is 20.9 Å². The summed E-state index contributed by atoms with van der Waals surface area (Å²) in [6.45, 7) is 13.2. The van der Waals surface area contributed by atoms with Crippen molar-refractivity contribution in [1.29, 1.82) is 0 Å². The molecule has 1 unspecified atom stereocenters. The summed E-state index contributed by atoms with van der Waals surface area (Å²) >= 11 is 11.0. The zero-order valence-corrected chi connectivity index (χ0v) is 35.5. The summed E-state index contributed by atoms with van der Waals surface area (Å²) in [4.78, 5) is 17.4. The Morgan fingerprint density at radius 1 is 0.982 bits per heavy atom. The number of hydrogen-bond donors (Lipinski definition) is 2. The number of likely N-dealkylation sites (N-methyl/N-ethyl adjacent to an activating group) is 1. The first-order valence-electron chi connectivity index (χ1n) is 17.6. The lowest BCUT2D eigenvalue weighted by atomic mass is 9.91. The molecule has 1 atom stereocenters. The Bertz CT molecular complexity index is 1750. The third-order valence-corrected chi connectivity index (χ3v) is 10.2. The minimum absolute atomic E-state index is 0.283. The predicted octanol–water partition coefficient (Wildman–Crippen LogP) is 8.56. The number of carbonyl (C=O) groups is 1. The van der Waals surface area contributed by atoms with Crippen molar-refractivity contribution >= 4 is 64.3 Å². The predicted molar refractivity (Wildman–Crippen MR) is 223 cm³/mol. The van der Waals surface area contributed by atoms with Crippen LogP contribution < -0.4 is 4.72 Å². The average molecular weight is 846 g/mol. The Morgan fingerprint density at radius 2 is 1.56 bits per heavy atom. The van der Waals surface area contributed by atoms with E-state index >= 15 is 0 Å². The molecule has 5 rings (SSSR count). The van der Waals surface area contributed by atoms with Gasteiger partial charge in [-0.3, -0.25) is 14.7 Å². The van der Waals surface area contributed by atoms with Crippen LogP contribution in [0.3, 0.4) is 0 Å². The van der Waals surface area contributed by atoms with E-state index in [1.807, 2.05) is 77.0 Å². The number of aliphatic imine (C=N–C) groups is 1. The average Bonchev–Trinajstić information content (AvgIpc) is 3.56. The van der Waals surface area contributed by atoms with Crippen LogP contribution in [0.1, 0.15) is 57.2 Å². The maximum atomic E-state index is 12.6. The molecule has 0 saturated carbocycles. The summed E-state index contributed by atoms with van der Waals surface area (Å²) < 4.78 is 71.5. The minimum atomic E-state index is -4.53. The maximum Gasteiger partial charge on any atom is 0.416 e. The molecule has 2 aliphatic heterocycles. The van der Waals surface area contributed by atoms with Gasteiger partial charge in [-0.1, -0.05) is 79.9 Å². The molecule has 10 nitrogen and oxygen atoms in total. The van der Waals surface area contributed by atoms with Crippen LogP contribution in [0.2, 0.25) is 5.02 Å². The van der Waals surface area contributed by atoms with E-state index in [9.17, 15) is 26.4 Å². The fourth-order valence-corrected chi connectivity index (χ4v) is 6.92. The van der Waals surface area contributed by atoms with Gasteiger partial charge in [-0.25, -0.2) is 17.5 Å². The lowest BCUT2D eigenvalue weighted by molar-refractivity contribution is -0.137. The van der Waals surface area contributed by atoms with Gasteiger partial charge in [0.2, 0.25) is 0 Å². The second-order valence-corrected chi connectivity index (χ2v) is 16.0. The van der Waals surface area contributed by atoms with Crippen molar-refractivity contribution in [3.05, 3.63) is 101 Å². The third-order valence-electron chi connectivity index (χ3n) is 7.57. The van der Waals surface area contributed by atoms with Crippen molar-refractivity contribution in [3.63, 3.8) is 0 Å². The Balaban J connectivity index is 0.000000384. The number of hydrogen-bond acceptors (Lipinski definition) is 10. The SMILES string of the molecule is CC.CC(C)(C)OC(=O)N1CCN(SCCN=CNS(=O)(=O)c2ccc(C(F)(F)F)cc2)CC1.CN1CC(c2ccccc2)C(c2ccc(Cl)cc2)=N1.CS. The molecule has 1 N–H and O–H groups in total. The number of thiol groups is 1. The van der Waals surface area contributed by atoms with Crippen molar-refractivity contribution in [2.24, 2.45) is 10.1 Å². The molecule has 1 amide bonds. The zero-order valence-electron chi connectivity index (χ0n) is 32.3. The number of hydrazone groups is 1. The standard InChI is InChI=1S/C19H27F3N4O4S2.C16H15ClN2.C2H6.CH4S/c1-18(2,3)30-17(27)25-9-11-26(12-10-25)31-13-8-23-14-24-32(28,29)16-6-4-15(5-7-16)19(20,21)22;1-19-11-15(12-5-3-2-4-6-12)16(18-19)13-7-9-14(17)10-8-13;2*1-2/h4-7,14H,8-13H2,1-3H3,(H,23,24);2-10,15H,11H2,1H3;1-2H3;2H,1H3. The molecule has 0 aromatic heterocycles. The van der Waals surface area contributed by atoms with E-state index in [0.29, 0.717) is 56.5 Å². The fraction of sp³-hybridized carbons (Fsp3) is 0.447. The monoisotopic (exact) mass is 844 g/mol. The van der Waals surface area contributed by atoms with Crippen molar-refractivity contribution < 1.29 is 31.1 Å². The summed E-state index contributed by atoms with van der Waals surface area (Å²) in [7, 11) is -1.98. The highest BCUT2D eigenvalue weighted by molar-refractivity contribution is 7.97. The van der Waals surface area contributed by atoms with Gasteiger partial charge in [-0.15, -0.1) is 0 Å². The lowest BCUT2D eigenvalue weighted by Crippen LogP contribution is -2.48. The Morgan fingerprint density at radius 3 is 2.11 bits per heavy atom. The van der Waals surface area contributed by atoms with Crippen LogP contribution in [0.4, 0.5) is 18.0 Å². The molecule has 3 aromatic rings. The highest BCUT2D eigenvalue weighted by Gasteiger charge is 2.31. The Hall–Kier alpha value is -3.44. The number of carbonyl (C=O) groups excluding carboxylic acids is 1. The number of halogens is 4. The number of sulfonamides is 1. The van der Waals surface area contributed by atoms with Crippen molar-refractivity contribution in [2.75, 3.05) is 58.3 Å². The molecule has 3 aromatic carbocycles. The number of alkyl halides is 3. The van der Waals surface area contributed by atoms with E-state index in [2.05, 4.69) is 56.0 Å². The molecule has 0 spiro atoms. The molecule has 55 heavy (non-hydrogen) atoms. The highest BCUT2D eigenvalue weighted by Crippen LogP contribution is 2.30. The van der Waals surface area contributed by atoms with Gasteiger partial charge in [0.15, 0.2) is 0 Å². The first-order chi connectivity index (χ1) is 26.0. The molecule has 2 aliphatic rings. The highest BCUT2D eigenvalue weighted by atomic mass is 35.5. The number of nitrogens with one attached hydrogen (secondary N) is 1. The quantitative estimate of drug-likeness (QED) is 0.0732. The van der Waals surface area contributed by atoms with Gasteiger partial charge in [0, 0.05) is 56.5 Å². The number of nitrogens with zero attached hydrogens (tertiary/aromatic N) is 5. The summed E-state index contributed by atoms with van der Waals surface area (Å²) in [5, 5.41) is 7.41. The van der Waals surface area contributed by atoms with Gasteiger partial charge in [0.25, 0.3) is 10.0 Å². The Kier molecular flexibility index (Phi) is 19.9. The van der Waals surface area contributed by atoms with Crippen LogP contribution in [0, 0.1) is 0 Å². The number of benzene rings is 3. The largest absolute Gasteiger partial charge is 0.444 e. The van der Waals surface area contributed by atoms with Crippen LogP contribution in [0.25, 0.3) is 0 Å². The molecule has 1 saturated heterocycles. The summed E-state index contributed by atoms with van der Waals surface area (Å²) in [5.41, 5.74) is 2.11. The topological polar surface area (TPSA) is 107 Å². The molecule has 1 fully saturated rings. The first kappa shape index (κ1) is 47.7. The summed E-state index contributed by atoms with van der Waals surface area (Å²) in [6, 6.07) is 21.6. The molecular weight excluding hydrogens is 793 g/mol. The Labute approximate surface area is 339 Å². The van der Waals surface area contributed by atoms with E-state index in [4.69, 9.17) is 16.3 Å². The van der Waals surface area contributed by atoms with E-state index in [-0.39, 0.29) is 11.0 Å². The lowest BCUT2D eigenvalue weighted by Gasteiger charge is -2.34. The zero-order chi connectivity index (χ0) is 41.2. The maximum absolute atomic E-state index is 12.6. The van der Waals surface area contributed by atoms with Crippen LogP contribution in [0.5, 0.6) is 0 Å². The van der Waals surface area contributed by atoms with Crippen LogP contribution in [-0.4, -0.2) is 105 Å². The van der Waals surface area contributed by atoms with Gasteiger partial charge in [-0.2, -0.15) is 30.9 Å². The normalized spacial score (nSPS) is 16.1. The second kappa shape index (κ2) is 23.0. The second-order valence-electron chi connectivity index (χ2n) is 12.7. The van der Waals surface area contributed by atoms with Crippen molar-refractivity contribution in [3.8, 4) is 0 Å². The molecule has 304 valence electrons. The van der Waals surface area contributed by atoms with E-state index in [0.717, 1.165) is 41.3 Å². The van der Waals surface area contributed by atoms with Crippen molar-refractivity contribution in [2.45, 2.75) is 57.2 Å². The van der Waals surface area contributed by atoms with Gasteiger partial charge in [0.1, 0.15) is 5.60 Å². The molecule has 0 aliphatic carbocycles. The number of ether oxygens (including phenoxy) is 1. The van der Waals surface area contributed by atoms with Crippen molar-refractivity contribution in [1.82, 2.24) is 18.9 Å². The molecule has 17 heteroatoms.